The van der Waals surface area contributed by atoms with Crippen LogP contribution in [-0.2, 0) is 12.7 Å². The van der Waals surface area contributed by atoms with Crippen molar-refractivity contribution in [2.45, 2.75) is 12.7 Å². The predicted molar refractivity (Wildman–Crippen MR) is 121 cm³/mol. The van der Waals surface area contributed by atoms with Gasteiger partial charge in [-0.1, -0.05) is 30.3 Å². The molecule has 0 aliphatic carbocycles. The summed E-state index contributed by atoms with van der Waals surface area (Å²) < 4.78 is 55.4. The predicted octanol–water partition coefficient (Wildman–Crippen LogP) is 4.51. The van der Waals surface area contributed by atoms with Crippen LogP contribution in [0.5, 0.6) is 0 Å². The van der Waals surface area contributed by atoms with E-state index in [0.717, 1.165) is 30.9 Å². The fourth-order valence-corrected chi connectivity index (χ4v) is 4.21. The lowest BCUT2D eigenvalue weighted by atomic mass is 10.1. The SMILES string of the molecule is O=C(c1cnn2c(C(F)(F)F)cc(-c3ccc(F)cc3)nc12)N1CCN(Cc2ccccc2)CC1. The van der Waals surface area contributed by atoms with Gasteiger partial charge in [0.2, 0.25) is 0 Å². The number of piperazine rings is 1. The Morgan fingerprint density at radius 3 is 2.29 bits per heavy atom. The Labute approximate surface area is 198 Å². The maximum absolute atomic E-state index is 13.8. The van der Waals surface area contributed by atoms with Gasteiger partial charge in [0.15, 0.2) is 11.3 Å². The van der Waals surface area contributed by atoms with E-state index >= 15 is 0 Å². The highest BCUT2D eigenvalue weighted by atomic mass is 19.4. The van der Waals surface area contributed by atoms with Crippen LogP contribution in [0.2, 0.25) is 0 Å². The number of benzene rings is 2. The molecule has 0 bridgehead atoms. The molecule has 180 valence electrons. The van der Waals surface area contributed by atoms with Gasteiger partial charge >= 0.3 is 6.18 Å². The van der Waals surface area contributed by atoms with E-state index in [9.17, 15) is 22.4 Å². The van der Waals surface area contributed by atoms with Gasteiger partial charge in [0.1, 0.15) is 11.4 Å². The molecule has 6 nitrogen and oxygen atoms in total. The van der Waals surface area contributed by atoms with Crippen LogP contribution < -0.4 is 0 Å². The largest absolute Gasteiger partial charge is 0.433 e. The second kappa shape index (κ2) is 9.10. The highest BCUT2D eigenvalue weighted by Gasteiger charge is 2.36. The molecule has 10 heteroatoms. The van der Waals surface area contributed by atoms with Gasteiger partial charge < -0.3 is 4.90 Å². The molecule has 1 amide bonds. The minimum Gasteiger partial charge on any atom is -0.336 e. The van der Waals surface area contributed by atoms with E-state index in [1.807, 2.05) is 30.3 Å². The Morgan fingerprint density at radius 1 is 0.943 bits per heavy atom. The number of fused-ring (bicyclic) bond motifs is 1. The third kappa shape index (κ3) is 4.74. The van der Waals surface area contributed by atoms with Crippen molar-refractivity contribution in [2.24, 2.45) is 0 Å². The number of nitrogens with zero attached hydrogens (tertiary/aromatic N) is 5. The fraction of sp³-hybridized carbons (Fsp3) is 0.240. The topological polar surface area (TPSA) is 53.7 Å². The Kier molecular flexibility index (Phi) is 5.98. The molecule has 1 aliphatic rings. The number of hydrogen-bond acceptors (Lipinski definition) is 4. The maximum atomic E-state index is 13.8. The highest BCUT2D eigenvalue weighted by molar-refractivity contribution is 6.00. The third-order valence-corrected chi connectivity index (χ3v) is 6.04. The van der Waals surface area contributed by atoms with Gasteiger partial charge in [0.05, 0.1) is 11.9 Å². The summed E-state index contributed by atoms with van der Waals surface area (Å²) in [5.41, 5.74) is 0.202. The molecule has 3 heterocycles. The molecule has 0 atom stereocenters. The molecule has 0 radical (unpaired) electrons. The molecule has 2 aromatic heterocycles. The van der Waals surface area contributed by atoms with Crippen LogP contribution in [0.3, 0.4) is 0 Å². The van der Waals surface area contributed by atoms with Crippen molar-refractivity contribution >= 4 is 11.6 Å². The number of carbonyl (C=O) groups excluding carboxylic acids is 1. The van der Waals surface area contributed by atoms with Gasteiger partial charge in [-0.3, -0.25) is 9.69 Å². The summed E-state index contributed by atoms with van der Waals surface area (Å²) in [5, 5.41) is 3.84. The molecule has 5 rings (SSSR count). The average molecular weight is 483 g/mol. The highest BCUT2D eigenvalue weighted by Crippen LogP contribution is 2.33. The smallest absolute Gasteiger partial charge is 0.336 e. The molecule has 35 heavy (non-hydrogen) atoms. The van der Waals surface area contributed by atoms with Crippen LogP contribution in [0.4, 0.5) is 17.6 Å². The van der Waals surface area contributed by atoms with Crippen molar-refractivity contribution in [3.63, 3.8) is 0 Å². The lowest BCUT2D eigenvalue weighted by Crippen LogP contribution is -2.48. The fourth-order valence-electron chi connectivity index (χ4n) is 4.21. The maximum Gasteiger partial charge on any atom is 0.433 e. The molecule has 0 saturated carbocycles. The summed E-state index contributed by atoms with van der Waals surface area (Å²) in [6.45, 7) is 2.92. The summed E-state index contributed by atoms with van der Waals surface area (Å²) in [6.07, 6.45) is -3.60. The number of alkyl halides is 3. The van der Waals surface area contributed by atoms with Gasteiger partial charge in [0, 0.05) is 38.3 Å². The van der Waals surface area contributed by atoms with Crippen LogP contribution in [0.25, 0.3) is 16.9 Å². The quantitative estimate of drug-likeness (QED) is 0.401. The zero-order chi connectivity index (χ0) is 24.6. The molecular weight excluding hydrogens is 462 g/mol. The Morgan fingerprint density at radius 2 is 1.63 bits per heavy atom. The monoisotopic (exact) mass is 483 g/mol. The van der Waals surface area contributed by atoms with Crippen LogP contribution in [-0.4, -0.2) is 56.5 Å². The minimum absolute atomic E-state index is 0.00373. The van der Waals surface area contributed by atoms with Crippen molar-refractivity contribution in [3.05, 3.63) is 89.5 Å². The number of amides is 1. The summed E-state index contributed by atoms with van der Waals surface area (Å²) in [7, 11) is 0. The molecule has 0 spiro atoms. The Hall–Kier alpha value is -3.79. The first-order valence-corrected chi connectivity index (χ1v) is 11.1. The third-order valence-electron chi connectivity index (χ3n) is 6.04. The normalized spacial score (nSPS) is 15.0. The minimum atomic E-state index is -4.73. The summed E-state index contributed by atoms with van der Waals surface area (Å²) >= 11 is 0. The molecule has 1 fully saturated rings. The number of hydrogen-bond donors (Lipinski definition) is 0. The zero-order valence-corrected chi connectivity index (χ0v) is 18.5. The van der Waals surface area contributed by atoms with E-state index in [0.29, 0.717) is 36.3 Å². The number of aromatic nitrogens is 3. The zero-order valence-electron chi connectivity index (χ0n) is 18.5. The molecular formula is C25H21F4N5O. The van der Waals surface area contributed by atoms with Gasteiger partial charge in [-0.05, 0) is 35.9 Å². The van der Waals surface area contributed by atoms with E-state index in [4.69, 9.17) is 0 Å². The summed E-state index contributed by atoms with van der Waals surface area (Å²) in [6, 6.07) is 15.8. The van der Waals surface area contributed by atoms with E-state index < -0.39 is 23.6 Å². The van der Waals surface area contributed by atoms with Crippen molar-refractivity contribution in [1.29, 1.82) is 0 Å². The van der Waals surface area contributed by atoms with Crippen molar-refractivity contribution < 1.29 is 22.4 Å². The van der Waals surface area contributed by atoms with E-state index in [1.54, 1.807) is 4.90 Å². The van der Waals surface area contributed by atoms with Crippen molar-refractivity contribution in [1.82, 2.24) is 24.4 Å². The van der Waals surface area contributed by atoms with E-state index in [2.05, 4.69) is 15.0 Å². The Balaban J connectivity index is 1.42. The lowest BCUT2D eigenvalue weighted by molar-refractivity contribution is -0.142. The van der Waals surface area contributed by atoms with Gasteiger partial charge in [0.25, 0.3) is 5.91 Å². The van der Waals surface area contributed by atoms with Crippen molar-refractivity contribution in [2.75, 3.05) is 26.2 Å². The second-order valence-corrected chi connectivity index (χ2v) is 8.38. The first-order valence-electron chi connectivity index (χ1n) is 11.1. The second-order valence-electron chi connectivity index (χ2n) is 8.38. The molecule has 2 aromatic carbocycles. The van der Waals surface area contributed by atoms with E-state index in [-0.39, 0.29) is 16.9 Å². The van der Waals surface area contributed by atoms with Gasteiger partial charge in [-0.2, -0.15) is 18.3 Å². The van der Waals surface area contributed by atoms with Crippen LogP contribution in [0.1, 0.15) is 21.6 Å². The van der Waals surface area contributed by atoms with Crippen LogP contribution in [0, 0.1) is 5.82 Å². The number of rotatable bonds is 4. The number of halogens is 4. The van der Waals surface area contributed by atoms with E-state index in [1.165, 1.54) is 17.7 Å². The number of carbonyl (C=O) groups is 1. The van der Waals surface area contributed by atoms with Crippen LogP contribution in [0.15, 0.2) is 66.9 Å². The van der Waals surface area contributed by atoms with Gasteiger partial charge in [-0.15, -0.1) is 0 Å². The molecule has 1 saturated heterocycles. The summed E-state index contributed by atoms with van der Waals surface area (Å²) in [5.74, 6) is -0.936. The molecule has 0 unspecified atom stereocenters. The first kappa shape index (κ1) is 23.0. The lowest BCUT2D eigenvalue weighted by Gasteiger charge is -2.34. The molecule has 0 N–H and O–H groups in total. The standard InChI is InChI=1S/C25H21F4N5O/c26-19-8-6-18(7-9-19)21-14-22(25(27,28)29)34-23(31-21)20(15-30-34)24(35)33-12-10-32(11-13-33)16-17-4-2-1-3-5-17/h1-9,14-15H,10-13,16H2. The molecule has 4 aromatic rings. The Bertz CT molecular complexity index is 1340. The average Bonchev–Trinajstić information content (AvgIpc) is 3.28. The van der Waals surface area contributed by atoms with Crippen LogP contribution >= 0.6 is 0 Å². The first-order chi connectivity index (χ1) is 16.8. The van der Waals surface area contributed by atoms with Crippen molar-refractivity contribution in [3.8, 4) is 11.3 Å². The summed E-state index contributed by atoms with van der Waals surface area (Å²) in [4.78, 5) is 21.4. The molecule has 1 aliphatic heterocycles. The van der Waals surface area contributed by atoms with Gasteiger partial charge in [-0.25, -0.2) is 13.9 Å².